The van der Waals surface area contributed by atoms with Gasteiger partial charge < -0.3 is 9.64 Å². The van der Waals surface area contributed by atoms with Crippen molar-refractivity contribution in [3.8, 4) is 0 Å². The number of benzene rings is 1. The molecule has 2 heterocycles. The molecule has 1 aliphatic heterocycles. The summed E-state index contributed by atoms with van der Waals surface area (Å²) in [6, 6.07) is 6.13. The Hall–Kier alpha value is -2.32. The van der Waals surface area contributed by atoms with Gasteiger partial charge in [-0.05, 0) is 44.0 Å². The van der Waals surface area contributed by atoms with Crippen LogP contribution in [0.1, 0.15) is 35.4 Å². The molecule has 1 N–H and O–H groups in total. The molecule has 1 atom stereocenters. The third kappa shape index (κ3) is 4.25. The lowest BCUT2D eigenvalue weighted by Gasteiger charge is -2.17. The highest BCUT2D eigenvalue weighted by molar-refractivity contribution is 7.15. The molecule has 1 aliphatic rings. The van der Waals surface area contributed by atoms with E-state index in [9.17, 15) is 9.59 Å². The number of rotatable bonds is 6. The number of ether oxygens (including phenoxy) is 1. The van der Waals surface area contributed by atoms with Crippen molar-refractivity contribution >= 4 is 34.0 Å². The number of hydrogen-bond acceptors (Lipinski definition) is 6. The minimum atomic E-state index is -0.256. The SMILES string of the molecule is CCOCC(=O)Nc1nnc(C2CC(=O)N(c3cc(C)cc(C)c3)C2)s1. The number of amides is 2. The van der Waals surface area contributed by atoms with Crippen LogP contribution in [0.4, 0.5) is 10.8 Å². The van der Waals surface area contributed by atoms with Crippen molar-refractivity contribution in [2.75, 3.05) is 30.0 Å². The molecule has 1 aromatic heterocycles. The van der Waals surface area contributed by atoms with Crippen LogP contribution in [0.5, 0.6) is 0 Å². The molecule has 1 unspecified atom stereocenters. The van der Waals surface area contributed by atoms with Crippen LogP contribution < -0.4 is 10.2 Å². The van der Waals surface area contributed by atoms with E-state index in [1.54, 1.807) is 4.90 Å². The molecule has 2 aromatic rings. The van der Waals surface area contributed by atoms with E-state index in [-0.39, 0.29) is 24.3 Å². The quantitative estimate of drug-likeness (QED) is 0.840. The van der Waals surface area contributed by atoms with Gasteiger partial charge in [0.05, 0.1) is 0 Å². The number of nitrogens with one attached hydrogen (secondary N) is 1. The van der Waals surface area contributed by atoms with Crippen molar-refractivity contribution in [2.24, 2.45) is 0 Å². The summed E-state index contributed by atoms with van der Waals surface area (Å²) in [5, 5.41) is 12.0. The van der Waals surface area contributed by atoms with Crippen LogP contribution in [0.2, 0.25) is 0 Å². The zero-order valence-corrected chi connectivity index (χ0v) is 15.9. The Morgan fingerprint density at radius 2 is 2.04 bits per heavy atom. The van der Waals surface area contributed by atoms with Gasteiger partial charge in [-0.25, -0.2) is 0 Å². The standard InChI is InChI=1S/C18H22N4O3S/c1-4-25-10-15(23)19-18-21-20-17(26-18)13-8-16(24)22(9-13)14-6-11(2)5-12(3)7-14/h5-7,13H,4,8-10H2,1-3H3,(H,19,21,23). The Labute approximate surface area is 156 Å². The van der Waals surface area contributed by atoms with Gasteiger partial charge in [-0.3, -0.25) is 14.9 Å². The topological polar surface area (TPSA) is 84.4 Å². The van der Waals surface area contributed by atoms with Crippen LogP contribution in [0.25, 0.3) is 0 Å². The molecule has 1 saturated heterocycles. The minimum Gasteiger partial charge on any atom is -0.372 e. The van der Waals surface area contributed by atoms with Crippen LogP contribution >= 0.6 is 11.3 Å². The first kappa shape index (κ1) is 18.5. The van der Waals surface area contributed by atoms with Gasteiger partial charge in [-0.15, -0.1) is 10.2 Å². The van der Waals surface area contributed by atoms with Gasteiger partial charge in [0.25, 0.3) is 5.91 Å². The molecule has 0 aliphatic carbocycles. The second kappa shape index (κ2) is 7.92. The molecule has 0 spiro atoms. The number of carbonyl (C=O) groups is 2. The zero-order chi connectivity index (χ0) is 18.7. The van der Waals surface area contributed by atoms with Crippen molar-refractivity contribution in [3.05, 3.63) is 34.3 Å². The number of nitrogens with zero attached hydrogens (tertiary/aromatic N) is 3. The summed E-state index contributed by atoms with van der Waals surface area (Å²) in [4.78, 5) is 26.0. The number of carbonyl (C=O) groups excluding carboxylic acids is 2. The second-order valence-corrected chi connectivity index (χ2v) is 7.39. The van der Waals surface area contributed by atoms with E-state index in [0.29, 0.717) is 24.7 Å². The Kier molecular flexibility index (Phi) is 5.63. The van der Waals surface area contributed by atoms with Crippen molar-refractivity contribution in [1.29, 1.82) is 0 Å². The summed E-state index contributed by atoms with van der Waals surface area (Å²) >= 11 is 1.31. The highest BCUT2D eigenvalue weighted by Crippen LogP contribution is 2.34. The third-order valence-electron chi connectivity index (χ3n) is 4.12. The van der Waals surface area contributed by atoms with Gasteiger partial charge in [0.15, 0.2) is 0 Å². The smallest absolute Gasteiger partial charge is 0.252 e. The van der Waals surface area contributed by atoms with Gasteiger partial charge >= 0.3 is 0 Å². The van der Waals surface area contributed by atoms with Crippen LogP contribution in [0, 0.1) is 13.8 Å². The molecule has 26 heavy (non-hydrogen) atoms. The zero-order valence-electron chi connectivity index (χ0n) is 15.1. The van der Waals surface area contributed by atoms with Gasteiger partial charge in [-0.1, -0.05) is 17.4 Å². The van der Waals surface area contributed by atoms with E-state index in [4.69, 9.17) is 4.74 Å². The van der Waals surface area contributed by atoms with Crippen LogP contribution in [0.3, 0.4) is 0 Å². The summed E-state index contributed by atoms with van der Waals surface area (Å²) in [5.41, 5.74) is 3.18. The maximum absolute atomic E-state index is 12.5. The Morgan fingerprint density at radius 3 is 2.73 bits per heavy atom. The number of anilines is 2. The second-order valence-electron chi connectivity index (χ2n) is 6.38. The average Bonchev–Trinajstić information content (AvgIpc) is 3.18. The molecule has 3 rings (SSSR count). The van der Waals surface area contributed by atoms with Crippen LogP contribution in [-0.4, -0.2) is 41.8 Å². The van der Waals surface area contributed by atoms with E-state index in [1.165, 1.54) is 11.3 Å². The van der Waals surface area contributed by atoms with Crippen molar-refractivity contribution in [3.63, 3.8) is 0 Å². The van der Waals surface area contributed by atoms with E-state index >= 15 is 0 Å². The lowest BCUT2D eigenvalue weighted by atomic mass is 10.1. The van der Waals surface area contributed by atoms with E-state index in [1.807, 2.05) is 32.9 Å². The van der Waals surface area contributed by atoms with Crippen LogP contribution in [-0.2, 0) is 14.3 Å². The third-order valence-corrected chi connectivity index (χ3v) is 5.12. The fraction of sp³-hybridized carbons (Fsp3) is 0.444. The van der Waals surface area contributed by atoms with Crippen LogP contribution in [0.15, 0.2) is 18.2 Å². The molecule has 7 nitrogen and oxygen atoms in total. The Bertz CT molecular complexity index is 800. The number of hydrogen-bond donors (Lipinski definition) is 1. The summed E-state index contributed by atoms with van der Waals surface area (Å²) in [7, 11) is 0. The van der Waals surface area contributed by atoms with Crippen molar-refractivity contribution in [1.82, 2.24) is 10.2 Å². The normalized spacial score (nSPS) is 17.0. The van der Waals surface area contributed by atoms with Crippen molar-refractivity contribution < 1.29 is 14.3 Å². The van der Waals surface area contributed by atoms with Crippen molar-refractivity contribution in [2.45, 2.75) is 33.1 Å². The predicted octanol–water partition coefficient (Wildman–Crippen LogP) is 2.65. The Morgan fingerprint density at radius 1 is 1.31 bits per heavy atom. The molecular weight excluding hydrogens is 352 g/mol. The first-order valence-electron chi connectivity index (χ1n) is 8.56. The summed E-state index contributed by atoms with van der Waals surface area (Å²) < 4.78 is 5.06. The summed E-state index contributed by atoms with van der Waals surface area (Å²) in [6.07, 6.45) is 0.397. The van der Waals surface area contributed by atoms with E-state index < -0.39 is 0 Å². The molecule has 1 fully saturated rings. The minimum absolute atomic E-state index is 0.00614. The highest BCUT2D eigenvalue weighted by Gasteiger charge is 2.34. The maximum Gasteiger partial charge on any atom is 0.252 e. The molecule has 138 valence electrons. The number of aromatic nitrogens is 2. The first-order chi connectivity index (χ1) is 12.5. The monoisotopic (exact) mass is 374 g/mol. The fourth-order valence-electron chi connectivity index (χ4n) is 3.03. The van der Waals surface area contributed by atoms with E-state index in [0.717, 1.165) is 21.8 Å². The fourth-order valence-corrected chi connectivity index (χ4v) is 3.88. The molecule has 0 saturated carbocycles. The molecule has 8 heteroatoms. The average molecular weight is 374 g/mol. The molecule has 2 amide bonds. The summed E-state index contributed by atoms with van der Waals surface area (Å²) in [5.74, 6) is -0.190. The predicted molar refractivity (Wildman–Crippen MR) is 101 cm³/mol. The van der Waals surface area contributed by atoms with Gasteiger partial charge in [0.2, 0.25) is 11.0 Å². The maximum atomic E-state index is 12.5. The van der Waals surface area contributed by atoms with E-state index in [2.05, 4.69) is 21.6 Å². The lowest BCUT2D eigenvalue weighted by Crippen LogP contribution is -2.24. The van der Waals surface area contributed by atoms with Gasteiger partial charge in [-0.2, -0.15) is 0 Å². The van der Waals surface area contributed by atoms with Gasteiger partial charge in [0, 0.05) is 31.2 Å². The number of aryl methyl sites for hydroxylation is 2. The first-order valence-corrected chi connectivity index (χ1v) is 9.37. The largest absolute Gasteiger partial charge is 0.372 e. The highest BCUT2D eigenvalue weighted by atomic mass is 32.1. The summed E-state index contributed by atoms with van der Waals surface area (Å²) in [6.45, 7) is 6.92. The van der Waals surface area contributed by atoms with Gasteiger partial charge in [0.1, 0.15) is 11.6 Å². The molecule has 1 aromatic carbocycles. The molecular formula is C18H22N4O3S. The lowest BCUT2D eigenvalue weighted by molar-refractivity contribution is -0.120. The molecule has 0 bridgehead atoms. The Balaban J connectivity index is 1.68. The molecule has 0 radical (unpaired) electrons.